The zero-order valence-corrected chi connectivity index (χ0v) is 16.1. The van der Waals surface area contributed by atoms with Crippen LogP contribution in [0.2, 0.25) is 0 Å². The highest BCUT2D eigenvalue weighted by molar-refractivity contribution is 6.00. The van der Waals surface area contributed by atoms with Crippen molar-refractivity contribution in [2.45, 2.75) is 26.2 Å². The van der Waals surface area contributed by atoms with Crippen LogP contribution in [-0.2, 0) is 11.8 Å². The number of hydrogen-bond acceptors (Lipinski definition) is 5. The first-order valence-corrected chi connectivity index (χ1v) is 9.31. The number of nitrogen functional groups attached to an aromatic ring is 1. The number of nitrogens with zero attached hydrogens (tertiary/aromatic N) is 4. The van der Waals surface area contributed by atoms with Crippen molar-refractivity contribution in [3.63, 3.8) is 0 Å². The Bertz CT molecular complexity index is 1120. The Morgan fingerprint density at radius 2 is 2.14 bits per heavy atom. The minimum atomic E-state index is -0.233. The third-order valence-corrected chi connectivity index (χ3v) is 5.26. The summed E-state index contributed by atoms with van der Waals surface area (Å²) in [6.07, 6.45) is 4.15. The first-order valence-electron chi connectivity index (χ1n) is 9.31. The number of amides is 1. The zero-order chi connectivity index (χ0) is 20.0. The van der Waals surface area contributed by atoms with Gasteiger partial charge in [0.2, 0.25) is 5.91 Å². The lowest BCUT2D eigenvalue weighted by Gasteiger charge is -2.12. The molecular formula is C21H22N6O. The maximum atomic E-state index is 12.2. The summed E-state index contributed by atoms with van der Waals surface area (Å²) in [5.74, 6) is 0.216. The van der Waals surface area contributed by atoms with Gasteiger partial charge in [0.1, 0.15) is 5.82 Å². The second kappa shape index (κ2) is 6.64. The number of anilines is 2. The molecule has 3 N–H and O–H groups in total. The molecule has 0 spiro atoms. The minimum Gasteiger partial charge on any atom is -0.398 e. The molecular weight excluding hydrogens is 352 g/mol. The van der Waals surface area contributed by atoms with Crippen LogP contribution in [0, 0.1) is 23.2 Å². The lowest BCUT2D eigenvalue weighted by Crippen LogP contribution is -2.15. The standard InChI is InChI=1S/C21H22N6O/c1-11(2)20-17(10-25-27(20)3)12-4-13-7-19(24-9-16(13)18(23)6-12)26-21(28)15-5-14(15)8-22/h4,6-7,9-11,14-15H,5,23H2,1-3H3,(H,24,26,28)/t14-,15+/m1/s1. The average molecular weight is 374 g/mol. The number of fused-ring (bicyclic) bond motifs is 1. The number of nitrogens with one attached hydrogen (secondary N) is 1. The molecule has 0 saturated heterocycles. The van der Waals surface area contributed by atoms with Crippen molar-refractivity contribution in [3.8, 4) is 17.2 Å². The molecule has 28 heavy (non-hydrogen) atoms. The van der Waals surface area contributed by atoms with Gasteiger partial charge in [0.15, 0.2) is 0 Å². The third-order valence-electron chi connectivity index (χ3n) is 5.26. The van der Waals surface area contributed by atoms with Crippen LogP contribution in [0.15, 0.2) is 30.6 Å². The molecule has 1 amide bonds. The normalized spacial score (nSPS) is 18.2. The van der Waals surface area contributed by atoms with Gasteiger partial charge < -0.3 is 11.1 Å². The maximum absolute atomic E-state index is 12.2. The van der Waals surface area contributed by atoms with E-state index in [1.54, 1.807) is 6.20 Å². The summed E-state index contributed by atoms with van der Waals surface area (Å²) in [4.78, 5) is 16.5. The predicted molar refractivity (Wildman–Crippen MR) is 108 cm³/mol. The van der Waals surface area contributed by atoms with Gasteiger partial charge in [-0.05, 0) is 41.5 Å². The number of carbonyl (C=O) groups excluding carboxylic acids is 1. The molecule has 7 heteroatoms. The van der Waals surface area contributed by atoms with Crippen LogP contribution in [0.5, 0.6) is 0 Å². The number of aryl methyl sites for hydroxylation is 1. The number of benzene rings is 1. The molecule has 3 aromatic rings. The molecule has 0 unspecified atom stereocenters. The van der Waals surface area contributed by atoms with Gasteiger partial charge in [0.25, 0.3) is 0 Å². The van der Waals surface area contributed by atoms with Crippen molar-refractivity contribution in [2.75, 3.05) is 11.1 Å². The Morgan fingerprint density at radius 1 is 1.36 bits per heavy atom. The number of carbonyl (C=O) groups is 1. The molecule has 0 bridgehead atoms. The highest BCUT2D eigenvalue weighted by atomic mass is 16.2. The van der Waals surface area contributed by atoms with Crippen molar-refractivity contribution in [3.05, 3.63) is 36.3 Å². The number of rotatable bonds is 4. The molecule has 0 aliphatic heterocycles. The number of nitriles is 1. The Kier molecular flexibility index (Phi) is 4.27. The summed E-state index contributed by atoms with van der Waals surface area (Å²) < 4.78 is 1.89. The molecule has 1 aliphatic carbocycles. The fourth-order valence-corrected chi connectivity index (χ4v) is 3.71. The van der Waals surface area contributed by atoms with Crippen LogP contribution in [0.3, 0.4) is 0 Å². The average Bonchev–Trinajstić information content (AvgIpc) is 3.35. The Labute approximate surface area is 163 Å². The van der Waals surface area contributed by atoms with Crippen LogP contribution >= 0.6 is 0 Å². The van der Waals surface area contributed by atoms with Gasteiger partial charge in [-0.1, -0.05) is 13.8 Å². The molecule has 2 aromatic heterocycles. The van der Waals surface area contributed by atoms with E-state index < -0.39 is 0 Å². The van der Waals surface area contributed by atoms with Crippen LogP contribution in [0.25, 0.3) is 21.9 Å². The monoisotopic (exact) mass is 374 g/mol. The van der Waals surface area contributed by atoms with Crippen molar-refractivity contribution in [1.29, 1.82) is 5.26 Å². The fourth-order valence-electron chi connectivity index (χ4n) is 3.71. The van der Waals surface area contributed by atoms with Crippen LogP contribution < -0.4 is 11.1 Å². The largest absolute Gasteiger partial charge is 0.398 e. The maximum Gasteiger partial charge on any atom is 0.230 e. The van der Waals surface area contributed by atoms with Gasteiger partial charge in [-0.3, -0.25) is 9.48 Å². The fraction of sp³-hybridized carbons (Fsp3) is 0.333. The van der Waals surface area contributed by atoms with Crippen molar-refractivity contribution < 1.29 is 4.79 Å². The summed E-state index contributed by atoms with van der Waals surface area (Å²) in [6.45, 7) is 4.27. The smallest absolute Gasteiger partial charge is 0.230 e. The van der Waals surface area contributed by atoms with Crippen molar-refractivity contribution in [2.24, 2.45) is 18.9 Å². The Balaban J connectivity index is 1.71. The predicted octanol–water partition coefficient (Wildman–Crippen LogP) is 3.44. The van der Waals surface area contributed by atoms with E-state index in [-0.39, 0.29) is 17.7 Å². The van der Waals surface area contributed by atoms with E-state index in [1.165, 1.54) is 0 Å². The van der Waals surface area contributed by atoms with E-state index >= 15 is 0 Å². The Morgan fingerprint density at radius 3 is 2.82 bits per heavy atom. The second-order valence-corrected chi connectivity index (χ2v) is 7.64. The number of hydrogen-bond donors (Lipinski definition) is 2. The third kappa shape index (κ3) is 3.07. The number of aromatic nitrogens is 3. The molecule has 7 nitrogen and oxygen atoms in total. The highest BCUT2D eigenvalue weighted by Gasteiger charge is 2.43. The number of pyridine rings is 1. The van der Waals surface area contributed by atoms with Gasteiger partial charge in [-0.25, -0.2) is 4.98 Å². The lowest BCUT2D eigenvalue weighted by atomic mass is 9.97. The summed E-state index contributed by atoms with van der Waals surface area (Å²) in [5, 5.41) is 17.8. The summed E-state index contributed by atoms with van der Waals surface area (Å²) in [7, 11) is 1.94. The summed E-state index contributed by atoms with van der Waals surface area (Å²) >= 11 is 0. The Hall–Kier alpha value is -3.40. The molecule has 142 valence electrons. The van der Waals surface area contributed by atoms with Crippen LogP contribution in [0.4, 0.5) is 11.5 Å². The van der Waals surface area contributed by atoms with Gasteiger partial charge in [-0.2, -0.15) is 10.4 Å². The van der Waals surface area contributed by atoms with E-state index in [9.17, 15) is 4.79 Å². The van der Waals surface area contributed by atoms with E-state index in [0.29, 0.717) is 23.8 Å². The number of nitrogens with two attached hydrogens (primary N) is 1. The van der Waals surface area contributed by atoms with E-state index in [0.717, 1.165) is 27.6 Å². The molecule has 1 saturated carbocycles. The van der Waals surface area contributed by atoms with Crippen LogP contribution in [0.1, 0.15) is 31.9 Å². The molecule has 4 rings (SSSR count). The van der Waals surface area contributed by atoms with Crippen LogP contribution in [-0.4, -0.2) is 20.7 Å². The van der Waals surface area contributed by atoms with Crippen molar-refractivity contribution >= 4 is 28.2 Å². The van der Waals surface area contributed by atoms with Gasteiger partial charge in [0.05, 0.1) is 24.1 Å². The van der Waals surface area contributed by atoms with Crippen molar-refractivity contribution in [1.82, 2.24) is 14.8 Å². The summed E-state index contributed by atoms with van der Waals surface area (Å²) in [5.41, 5.74) is 10.1. The molecule has 2 heterocycles. The van der Waals surface area contributed by atoms with Gasteiger partial charge >= 0.3 is 0 Å². The van der Waals surface area contributed by atoms with Gasteiger partial charge in [-0.15, -0.1) is 0 Å². The lowest BCUT2D eigenvalue weighted by molar-refractivity contribution is -0.117. The first kappa shape index (κ1) is 18.0. The second-order valence-electron chi connectivity index (χ2n) is 7.64. The molecule has 1 fully saturated rings. The zero-order valence-electron chi connectivity index (χ0n) is 16.1. The molecule has 2 atom stereocenters. The van der Waals surface area contributed by atoms with Gasteiger partial charge in [0, 0.05) is 35.6 Å². The highest BCUT2D eigenvalue weighted by Crippen LogP contribution is 2.39. The SMILES string of the molecule is CC(C)c1c(-c2cc(N)c3cnc(NC(=O)[C@H]4C[C@@H]4C#N)cc3c2)cnn1C. The quantitative estimate of drug-likeness (QED) is 0.680. The molecule has 1 aliphatic rings. The minimum absolute atomic E-state index is 0.156. The first-order chi connectivity index (χ1) is 13.4. The van der Waals surface area contributed by atoms with E-state index in [2.05, 4.69) is 35.3 Å². The molecule has 0 radical (unpaired) electrons. The van der Waals surface area contributed by atoms with E-state index in [1.807, 2.05) is 36.1 Å². The van der Waals surface area contributed by atoms with E-state index in [4.69, 9.17) is 11.0 Å². The topological polar surface area (TPSA) is 110 Å². The summed E-state index contributed by atoms with van der Waals surface area (Å²) in [6, 6.07) is 7.93. The molecule has 1 aromatic carbocycles.